The molecule has 1 aliphatic rings. The zero-order valence-electron chi connectivity index (χ0n) is 17.3. The van der Waals surface area contributed by atoms with Crippen LogP contribution in [0.4, 0.5) is 4.39 Å². The van der Waals surface area contributed by atoms with E-state index in [1.54, 1.807) is 12.1 Å². The molecule has 0 aromatic heterocycles. The minimum Gasteiger partial charge on any atom is -0.346 e. The van der Waals surface area contributed by atoms with Crippen LogP contribution >= 0.6 is 0 Å². The number of rotatable bonds is 6. The van der Waals surface area contributed by atoms with E-state index < -0.39 is 11.8 Å². The SMILES string of the molecule is O=C(NCc1ccc(F)cc1)C(=O)NC[C@H](c1cccc2ccccc12)N1CCCC1. The molecule has 3 aromatic carbocycles. The van der Waals surface area contributed by atoms with E-state index in [1.807, 2.05) is 18.2 Å². The topological polar surface area (TPSA) is 61.4 Å². The highest BCUT2D eigenvalue weighted by Gasteiger charge is 2.26. The molecule has 1 saturated heterocycles. The Hall–Kier alpha value is -3.25. The number of carbonyl (C=O) groups excluding carboxylic acids is 2. The molecular formula is C25H26FN3O2. The van der Waals surface area contributed by atoms with Crippen molar-refractivity contribution in [2.24, 2.45) is 0 Å². The van der Waals surface area contributed by atoms with Crippen LogP contribution in [-0.4, -0.2) is 36.3 Å². The van der Waals surface area contributed by atoms with Gasteiger partial charge in [-0.15, -0.1) is 0 Å². The normalized spacial score (nSPS) is 15.0. The van der Waals surface area contributed by atoms with Crippen molar-refractivity contribution < 1.29 is 14.0 Å². The monoisotopic (exact) mass is 419 g/mol. The van der Waals surface area contributed by atoms with E-state index in [0.29, 0.717) is 6.54 Å². The van der Waals surface area contributed by atoms with Gasteiger partial charge in [-0.1, -0.05) is 54.6 Å². The predicted octanol–water partition coefficient (Wildman–Crippen LogP) is 3.55. The minimum absolute atomic E-state index is 0.00227. The van der Waals surface area contributed by atoms with Gasteiger partial charge in [0.2, 0.25) is 0 Å². The molecule has 2 amide bonds. The Balaban J connectivity index is 1.43. The molecule has 1 heterocycles. The Kier molecular flexibility index (Phi) is 6.57. The lowest BCUT2D eigenvalue weighted by molar-refractivity contribution is -0.139. The first-order valence-electron chi connectivity index (χ1n) is 10.6. The summed E-state index contributed by atoms with van der Waals surface area (Å²) in [7, 11) is 0. The first-order valence-corrected chi connectivity index (χ1v) is 10.6. The molecule has 1 atom stereocenters. The van der Waals surface area contributed by atoms with E-state index in [9.17, 15) is 14.0 Å². The minimum atomic E-state index is -0.692. The summed E-state index contributed by atoms with van der Waals surface area (Å²) in [6, 6.07) is 20.3. The van der Waals surface area contributed by atoms with Gasteiger partial charge in [0.15, 0.2) is 0 Å². The van der Waals surface area contributed by atoms with Crippen LogP contribution in [0, 0.1) is 5.82 Å². The Morgan fingerprint density at radius 1 is 0.871 bits per heavy atom. The van der Waals surface area contributed by atoms with Gasteiger partial charge >= 0.3 is 11.8 Å². The van der Waals surface area contributed by atoms with Gasteiger partial charge in [-0.3, -0.25) is 14.5 Å². The maximum absolute atomic E-state index is 13.0. The highest BCUT2D eigenvalue weighted by Crippen LogP contribution is 2.30. The summed E-state index contributed by atoms with van der Waals surface area (Å²) in [4.78, 5) is 27.1. The second kappa shape index (κ2) is 9.71. The van der Waals surface area contributed by atoms with Crippen LogP contribution in [0.25, 0.3) is 10.8 Å². The van der Waals surface area contributed by atoms with Gasteiger partial charge in [0.05, 0.1) is 6.04 Å². The molecule has 6 heteroatoms. The zero-order chi connectivity index (χ0) is 21.6. The molecule has 0 radical (unpaired) electrons. The molecule has 4 rings (SSSR count). The molecule has 5 nitrogen and oxygen atoms in total. The van der Waals surface area contributed by atoms with Crippen molar-refractivity contribution in [1.29, 1.82) is 0 Å². The largest absolute Gasteiger partial charge is 0.346 e. The van der Waals surface area contributed by atoms with Crippen LogP contribution in [0.3, 0.4) is 0 Å². The molecule has 0 unspecified atom stereocenters. The number of benzene rings is 3. The van der Waals surface area contributed by atoms with Crippen molar-refractivity contribution in [3.8, 4) is 0 Å². The number of fused-ring (bicyclic) bond motifs is 1. The van der Waals surface area contributed by atoms with Crippen molar-refractivity contribution >= 4 is 22.6 Å². The number of nitrogens with zero attached hydrogens (tertiary/aromatic N) is 1. The summed E-state index contributed by atoms with van der Waals surface area (Å²) in [5.41, 5.74) is 1.89. The maximum atomic E-state index is 13.0. The quantitative estimate of drug-likeness (QED) is 0.601. The average molecular weight is 420 g/mol. The lowest BCUT2D eigenvalue weighted by atomic mass is 9.97. The van der Waals surface area contributed by atoms with Crippen molar-refractivity contribution in [3.63, 3.8) is 0 Å². The number of hydrogen-bond donors (Lipinski definition) is 2. The molecule has 160 valence electrons. The smallest absolute Gasteiger partial charge is 0.309 e. The predicted molar refractivity (Wildman–Crippen MR) is 119 cm³/mol. The Bertz CT molecular complexity index is 1060. The summed E-state index contributed by atoms with van der Waals surface area (Å²) < 4.78 is 13.0. The fraction of sp³-hybridized carbons (Fsp3) is 0.280. The van der Waals surface area contributed by atoms with Crippen LogP contribution in [0.1, 0.15) is 30.0 Å². The van der Waals surface area contributed by atoms with E-state index in [1.165, 1.54) is 12.1 Å². The van der Waals surface area contributed by atoms with E-state index in [-0.39, 0.29) is 18.4 Å². The second-order valence-corrected chi connectivity index (χ2v) is 7.85. The van der Waals surface area contributed by atoms with Gasteiger partial charge in [0.25, 0.3) is 0 Å². The fourth-order valence-corrected chi connectivity index (χ4v) is 4.16. The molecule has 0 saturated carbocycles. The summed E-state index contributed by atoms with van der Waals surface area (Å²) in [5.74, 6) is -1.69. The van der Waals surface area contributed by atoms with Crippen LogP contribution < -0.4 is 10.6 Å². The molecule has 1 aliphatic heterocycles. The van der Waals surface area contributed by atoms with Gasteiger partial charge in [-0.05, 0) is 60.0 Å². The van der Waals surface area contributed by atoms with Crippen LogP contribution in [-0.2, 0) is 16.1 Å². The first kappa shape index (κ1) is 21.0. The molecule has 1 fully saturated rings. The molecule has 0 aliphatic carbocycles. The Morgan fingerprint density at radius 2 is 1.55 bits per heavy atom. The zero-order valence-corrected chi connectivity index (χ0v) is 17.3. The number of carbonyl (C=O) groups is 2. The van der Waals surface area contributed by atoms with Crippen LogP contribution in [0.5, 0.6) is 0 Å². The van der Waals surface area contributed by atoms with E-state index in [4.69, 9.17) is 0 Å². The van der Waals surface area contributed by atoms with Crippen LogP contribution in [0.2, 0.25) is 0 Å². The number of halogens is 1. The number of nitrogens with one attached hydrogen (secondary N) is 2. The maximum Gasteiger partial charge on any atom is 0.309 e. The third-order valence-corrected chi connectivity index (χ3v) is 5.79. The number of hydrogen-bond acceptors (Lipinski definition) is 3. The number of likely N-dealkylation sites (tertiary alicyclic amines) is 1. The Morgan fingerprint density at radius 3 is 2.32 bits per heavy atom. The summed E-state index contributed by atoms with van der Waals surface area (Å²) in [5, 5.41) is 7.73. The standard InChI is InChI=1S/C25H26FN3O2/c26-20-12-10-18(11-13-20)16-27-24(30)25(31)28-17-23(29-14-3-4-15-29)22-9-5-7-19-6-1-2-8-21(19)22/h1-2,5-13,23H,3-4,14-17H2,(H,27,30)(H,28,31)/t23-/m1/s1. The van der Waals surface area contributed by atoms with E-state index in [2.05, 4.69) is 39.8 Å². The van der Waals surface area contributed by atoms with Gasteiger partial charge in [0, 0.05) is 13.1 Å². The lowest BCUT2D eigenvalue weighted by Gasteiger charge is -2.29. The van der Waals surface area contributed by atoms with Crippen molar-refractivity contribution in [1.82, 2.24) is 15.5 Å². The van der Waals surface area contributed by atoms with Crippen molar-refractivity contribution in [3.05, 3.63) is 83.7 Å². The van der Waals surface area contributed by atoms with Gasteiger partial charge in [0.1, 0.15) is 5.82 Å². The highest BCUT2D eigenvalue weighted by molar-refractivity contribution is 6.35. The first-order chi connectivity index (χ1) is 15.1. The average Bonchev–Trinajstić information content (AvgIpc) is 3.33. The molecule has 0 spiro atoms. The van der Waals surface area contributed by atoms with Crippen LogP contribution in [0.15, 0.2) is 66.7 Å². The van der Waals surface area contributed by atoms with E-state index >= 15 is 0 Å². The Labute approximate surface area is 181 Å². The fourth-order valence-electron chi connectivity index (χ4n) is 4.16. The molecule has 3 aromatic rings. The van der Waals surface area contributed by atoms with Gasteiger partial charge in [-0.25, -0.2) is 4.39 Å². The number of amides is 2. The second-order valence-electron chi connectivity index (χ2n) is 7.85. The third-order valence-electron chi connectivity index (χ3n) is 5.79. The summed E-state index contributed by atoms with van der Waals surface area (Å²) in [6.45, 7) is 2.48. The van der Waals surface area contributed by atoms with E-state index in [0.717, 1.165) is 47.8 Å². The van der Waals surface area contributed by atoms with Crippen molar-refractivity contribution in [2.45, 2.75) is 25.4 Å². The summed E-state index contributed by atoms with van der Waals surface area (Å²) >= 11 is 0. The van der Waals surface area contributed by atoms with Crippen molar-refractivity contribution in [2.75, 3.05) is 19.6 Å². The molecule has 31 heavy (non-hydrogen) atoms. The summed E-state index contributed by atoms with van der Waals surface area (Å²) in [6.07, 6.45) is 2.26. The molecular weight excluding hydrogens is 393 g/mol. The van der Waals surface area contributed by atoms with Gasteiger partial charge < -0.3 is 10.6 Å². The highest BCUT2D eigenvalue weighted by atomic mass is 19.1. The molecule has 2 N–H and O–H groups in total. The third kappa shape index (κ3) is 5.09. The van der Waals surface area contributed by atoms with Gasteiger partial charge in [-0.2, -0.15) is 0 Å². The lowest BCUT2D eigenvalue weighted by Crippen LogP contribution is -2.43. The molecule has 0 bridgehead atoms.